The molecule has 1 heterocycles. The molecule has 0 saturated carbocycles. The van der Waals surface area contributed by atoms with Crippen molar-refractivity contribution < 1.29 is 4.74 Å². The van der Waals surface area contributed by atoms with Crippen molar-refractivity contribution in [3.8, 4) is 17.0 Å². The average Bonchev–Trinajstić information content (AvgIpc) is 2.60. The van der Waals surface area contributed by atoms with Crippen LogP contribution >= 0.6 is 22.9 Å². The number of aromatic nitrogens is 1. The monoisotopic (exact) mass is 268 g/mol. The Kier molecular flexibility index (Phi) is 3.26. The minimum atomic E-state index is 0.568. The summed E-state index contributed by atoms with van der Waals surface area (Å²) in [6.45, 7) is 3.92. The number of ether oxygens (including phenoxy) is 1. The number of thiazole rings is 1. The molecule has 0 spiro atoms. The van der Waals surface area contributed by atoms with Crippen LogP contribution in [0.1, 0.15) is 10.6 Å². The highest BCUT2D eigenvalue weighted by Crippen LogP contribution is 2.37. The highest BCUT2D eigenvalue weighted by Gasteiger charge is 2.13. The summed E-state index contributed by atoms with van der Waals surface area (Å²) in [7, 11) is 1.60. The van der Waals surface area contributed by atoms with Gasteiger partial charge in [0.15, 0.2) is 0 Å². The second-order valence-corrected chi connectivity index (χ2v) is 5.39. The first-order chi connectivity index (χ1) is 8.02. The number of anilines is 1. The maximum atomic E-state index is 6.12. The smallest absolute Gasteiger partial charge is 0.137 e. The molecule has 0 fully saturated rings. The zero-order chi connectivity index (χ0) is 12.6. The minimum absolute atomic E-state index is 0.568. The lowest BCUT2D eigenvalue weighted by Gasteiger charge is -2.09. The number of methoxy groups -OCH3 is 1. The first kappa shape index (κ1) is 12.2. The molecule has 0 aliphatic rings. The molecule has 0 amide bonds. The van der Waals surface area contributed by atoms with Gasteiger partial charge in [-0.2, -0.15) is 0 Å². The van der Waals surface area contributed by atoms with E-state index in [0.29, 0.717) is 15.8 Å². The molecular weight excluding hydrogens is 256 g/mol. The molecule has 2 N–H and O–H groups in total. The lowest BCUT2D eigenvalue weighted by atomic mass is 10.1. The van der Waals surface area contributed by atoms with Crippen molar-refractivity contribution in [3.05, 3.63) is 27.7 Å². The van der Waals surface area contributed by atoms with E-state index in [1.54, 1.807) is 7.11 Å². The Hall–Kier alpha value is -1.26. The predicted octanol–water partition coefficient (Wildman–Crippen LogP) is 3.67. The van der Waals surface area contributed by atoms with E-state index < -0.39 is 0 Å². The highest BCUT2D eigenvalue weighted by atomic mass is 35.5. The second kappa shape index (κ2) is 4.55. The van der Waals surface area contributed by atoms with Gasteiger partial charge < -0.3 is 10.5 Å². The zero-order valence-corrected chi connectivity index (χ0v) is 11.4. The number of aryl methyl sites for hydroxylation is 2. The van der Waals surface area contributed by atoms with Crippen LogP contribution in [0.4, 0.5) is 5.00 Å². The van der Waals surface area contributed by atoms with E-state index in [0.717, 1.165) is 21.8 Å². The van der Waals surface area contributed by atoms with Crippen LogP contribution in [0, 0.1) is 13.8 Å². The van der Waals surface area contributed by atoms with Gasteiger partial charge in [-0.25, -0.2) is 4.98 Å². The van der Waals surface area contributed by atoms with Gasteiger partial charge in [-0.1, -0.05) is 11.6 Å². The van der Waals surface area contributed by atoms with Crippen LogP contribution in [0.5, 0.6) is 5.75 Å². The molecule has 2 rings (SSSR count). The van der Waals surface area contributed by atoms with E-state index in [9.17, 15) is 0 Å². The molecule has 0 bridgehead atoms. The summed E-state index contributed by atoms with van der Waals surface area (Å²) in [4.78, 5) is 4.43. The van der Waals surface area contributed by atoms with E-state index in [2.05, 4.69) is 4.98 Å². The third kappa shape index (κ3) is 2.23. The van der Waals surface area contributed by atoms with E-state index in [4.69, 9.17) is 22.1 Å². The molecule has 3 nitrogen and oxygen atoms in total. The van der Waals surface area contributed by atoms with Crippen LogP contribution in [-0.4, -0.2) is 12.1 Å². The second-order valence-electron chi connectivity index (χ2n) is 3.75. The van der Waals surface area contributed by atoms with Gasteiger partial charge in [0.25, 0.3) is 0 Å². The fraction of sp³-hybridized carbons (Fsp3) is 0.250. The molecule has 90 valence electrons. The van der Waals surface area contributed by atoms with Crippen LogP contribution in [0.25, 0.3) is 11.3 Å². The van der Waals surface area contributed by atoms with Crippen LogP contribution in [0.15, 0.2) is 12.1 Å². The standard InChI is InChI=1S/C12H13ClN2OS/c1-6-4-10(16-3)9(13)5-8(6)11-12(14)17-7(2)15-11/h4-5H,14H2,1-3H3. The largest absolute Gasteiger partial charge is 0.495 e. The molecule has 0 radical (unpaired) electrons. The lowest BCUT2D eigenvalue weighted by molar-refractivity contribution is 0.415. The topological polar surface area (TPSA) is 48.1 Å². The Balaban J connectivity index is 2.60. The van der Waals surface area contributed by atoms with E-state index in [1.165, 1.54) is 11.3 Å². The highest BCUT2D eigenvalue weighted by molar-refractivity contribution is 7.16. The molecule has 2 aromatic rings. The van der Waals surface area contributed by atoms with Gasteiger partial charge in [0, 0.05) is 5.56 Å². The first-order valence-corrected chi connectivity index (χ1v) is 6.29. The molecule has 0 unspecified atom stereocenters. The van der Waals surface area contributed by atoms with Crippen LogP contribution < -0.4 is 10.5 Å². The van der Waals surface area contributed by atoms with Crippen molar-refractivity contribution in [2.75, 3.05) is 12.8 Å². The SMILES string of the molecule is COc1cc(C)c(-c2nc(C)sc2N)cc1Cl. The van der Waals surface area contributed by atoms with Gasteiger partial charge in [-0.3, -0.25) is 0 Å². The average molecular weight is 269 g/mol. The number of hydrogen-bond acceptors (Lipinski definition) is 4. The van der Waals surface area contributed by atoms with Crippen molar-refractivity contribution in [3.63, 3.8) is 0 Å². The Morgan fingerprint density at radius 2 is 2.06 bits per heavy atom. The van der Waals surface area contributed by atoms with Gasteiger partial charge >= 0.3 is 0 Å². The number of nitrogens with two attached hydrogens (primary N) is 1. The summed E-state index contributed by atoms with van der Waals surface area (Å²) in [5, 5.41) is 2.23. The predicted molar refractivity (Wildman–Crippen MR) is 73.0 cm³/mol. The van der Waals surface area contributed by atoms with Crippen molar-refractivity contribution >= 4 is 27.9 Å². The van der Waals surface area contributed by atoms with E-state index >= 15 is 0 Å². The number of rotatable bonds is 2. The fourth-order valence-electron chi connectivity index (χ4n) is 1.70. The summed E-state index contributed by atoms with van der Waals surface area (Å²) in [5.74, 6) is 0.665. The van der Waals surface area contributed by atoms with Crippen molar-refractivity contribution in [1.29, 1.82) is 0 Å². The molecule has 5 heteroatoms. The maximum absolute atomic E-state index is 6.12. The molecule has 0 saturated heterocycles. The Labute approximate surface area is 109 Å². The third-order valence-electron chi connectivity index (χ3n) is 2.51. The van der Waals surface area contributed by atoms with Crippen LogP contribution in [0.2, 0.25) is 5.02 Å². The van der Waals surface area contributed by atoms with Gasteiger partial charge in [-0.05, 0) is 31.5 Å². The number of benzene rings is 1. The van der Waals surface area contributed by atoms with Gasteiger partial charge in [-0.15, -0.1) is 11.3 Å². The van der Waals surface area contributed by atoms with E-state index in [1.807, 2.05) is 26.0 Å². The first-order valence-electron chi connectivity index (χ1n) is 5.10. The molecule has 0 aliphatic heterocycles. The minimum Gasteiger partial charge on any atom is -0.495 e. The summed E-state index contributed by atoms with van der Waals surface area (Å²) in [6.07, 6.45) is 0. The van der Waals surface area contributed by atoms with Crippen LogP contribution in [0.3, 0.4) is 0 Å². The van der Waals surface area contributed by atoms with Crippen molar-refractivity contribution in [2.24, 2.45) is 0 Å². The molecule has 0 atom stereocenters. The zero-order valence-electron chi connectivity index (χ0n) is 9.87. The normalized spacial score (nSPS) is 10.6. The Morgan fingerprint density at radius 3 is 2.59 bits per heavy atom. The molecule has 17 heavy (non-hydrogen) atoms. The van der Waals surface area contributed by atoms with Crippen molar-refractivity contribution in [1.82, 2.24) is 4.98 Å². The summed E-state index contributed by atoms with van der Waals surface area (Å²) >= 11 is 7.60. The number of nitrogen functional groups attached to an aromatic ring is 1. The van der Waals surface area contributed by atoms with Crippen molar-refractivity contribution in [2.45, 2.75) is 13.8 Å². The summed E-state index contributed by atoms with van der Waals surface area (Å²) in [6, 6.07) is 3.74. The number of halogens is 1. The lowest BCUT2D eigenvalue weighted by Crippen LogP contribution is -1.92. The Bertz CT molecular complexity index is 566. The third-order valence-corrected chi connectivity index (χ3v) is 3.61. The molecule has 0 aliphatic carbocycles. The quantitative estimate of drug-likeness (QED) is 0.904. The Morgan fingerprint density at radius 1 is 1.35 bits per heavy atom. The fourth-order valence-corrected chi connectivity index (χ4v) is 2.65. The number of nitrogens with zero attached hydrogens (tertiary/aromatic N) is 1. The van der Waals surface area contributed by atoms with Gasteiger partial charge in [0.1, 0.15) is 16.4 Å². The van der Waals surface area contributed by atoms with Crippen LogP contribution in [-0.2, 0) is 0 Å². The summed E-state index contributed by atoms with van der Waals surface area (Å²) in [5.41, 5.74) is 8.75. The molecular formula is C12H13ClN2OS. The summed E-state index contributed by atoms with van der Waals surface area (Å²) < 4.78 is 5.17. The molecule has 1 aromatic carbocycles. The van der Waals surface area contributed by atoms with Gasteiger partial charge in [0.05, 0.1) is 17.1 Å². The van der Waals surface area contributed by atoms with Gasteiger partial charge in [0.2, 0.25) is 0 Å². The molecule has 1 aromatic heterocycles. The number of hydrogen-bond donors (Lipinski definition) is 1. The van der Waals surface area contributed by atoms with E-state index in [-0.39, 0.29) is 0 Å². The maximum Gasteiger partial charge on any atom is 0.137 e.